The molecule has 2 N–H and O–H groups in total. The van der Waals surface area contributed by atoms with Crippen LogP contribution in [0, 0.1) is 13.8 Å². The summed E-state index contributed by atoms with van der Waals surface area (Å²) in [4.78, 5) is 29.2. The summed E-state index contributed by atoms with van der Waals surface area (Å²) < 4.78 is 1.80. The molecular weight excluding hydrogens is 316 g/mol. The molecule has 2 amide bonds. The van der Waals surface area contributed by atoms with Crippen molar-refractivity contribution in [2.24, 2.45) is 0 Å². The molecule has 1 atom stereocenters. The molecule has 2 aromatic carbocycles. The number of hydrogen-bond acceptors (Lipinski definition) is 3. The summed E-state index contributed by atoms with van der Waals surface area (Å²) in [5.41, 5.74) is 4.56. The molecule has 0 aliphatic carbocycles. The molecule has 6 nitrogen and oxygen atoms in total. The minimum Gasteiger partial charge on any atom is -0.326 e. The first-order chi connectivity index (χ1) is 12.0. The summed E-state index contributed by atoms with van der Waals surface area (Å²) in [6.45, 7) is 3.96. The smallest absolute Gasteiger partial charge is 0.250 e. The zero-order chi connectivity index (χ0) is 17.6. The predicted molar refractivity (Wildman–Crippen MR) is 96.6 cm³/mol. The lowest BCUT2D eigenvalue weighted by Gasteiger charge is -2.13. The number of imidazole rings is 1. The van der Waals surface area contributed by atoms with Gasteiger partial charge in [-0.05, 0) is 37.6 Å². The SMILES string of the molecule is Cc1ccc(NC(=O)C[C@H]2C(=O)Nc3nc4ccccc4n32)c(C)c1. The summed E-state index contributed by atoms with van der Waals surface area (Å²) in [6.07, 6.45) is 0.0620. The van der Waals surface area contributed by atoms with E-state index in [0.717, 1.165) is 27.8 Å². The van der Waals surface area contributed by atoms with Crippen LogP contribution in [0.1, 0.15) is 23.6 Å². The summed E-state index contributed by atoms with van der Waals surface area (Å²) >= 11 is 0. The Morgan fingerprint density at radius 3 is 2.84 bits per heavy atom. The van der Waals surface area contributed by atoms with Crippen LogP contribution in [0.4, 0.5) is 11.6 Å². The van der Waals surface area contributed by atoms with Gasteiger partial charge in [0.2, 0.25) is 17.8 Å². The highest BCUT2D eigenvalue weighted by molar-refractivity contribution is 6.03. The summed E-state index contributed by atoms with van der Waals surface area (Å²) in [7, 11) is 0. The lowest BCUT2D eigenvalue weighted by atomic mass is 10.1. The second-order valence-corrected chi connectivity index (χ2v) is 6.37. The van der Waals surface area contributed by atoms with Gasteiger partial charge in [-0.2, -0.15) is 0 Å². The molecule has 6 heteroatoms. The zero-order valence-electron chi connectivity index (χ0n) is 14.0. The van der Waals surface area contributed by atoms with Crippen molar-refractivity contribution in [1.29, 1.82) is 0 Å². The van der Waals surface area contributed by atoms with E-state index in [0.29, 0.717) is 5.95 Å². The molecule has 3 aromatic rings. The molecule has 0 radical (unpaired) electrons. The van der Waals surface area contributed by atoms with Gasteiger partial charge in [-0.25, -0.2) is 4.98 Å². The molecule has 4 rings (SSSR count). The van der Waals surface area contributed by atoms with E-state index in [1.165, 1.54) is 0 Å². The van der Waals surface area contributed by atoms with Crippen molar-refractivity contribution >= 4 is 34.5 Å². The highest BCUT2D eigenvalue weighted by Gasteiger charge is 2.34. The van der Waals surface area contributed by atoms with E-state index in [1.807, 2.05) is 56.3 Å². The standard InChI is InChI=1S/C19H18N4O2/c1-11-7-8-13(12(2)9-11)20-17(24)10-16-18(25)22-19-21-14-5-3-4-6-15(14)23(16)19/h3-9,16H,10H2,1-2H3,(H,20,24)(H,21,22,25)/t16-/m0/s1. The van der Waals surface area contributed by atoms with Crippen molar-refractivity contribution in [3.8, 4) is 0 Å². The van der Waals surface area contributed by atoms with Crippen molar-refractivity contribution in [2.45, 2.75) is 26.3 Å². The maximum atomic E-state index is 12.5. The molecule has 0 fully saturated rings. The number of aryl methyl sites for hydroxylation is 2. The number of anilines is 2. The Balaban J connectivity index is 1.59. The Morgan fingerprint density at radius 1 is 1.24 bits per heavy atom. The second kappa shape index (κ2) is 5.73. The molecule has 126 valence electrons. The van der Waals surface area contributed by atoms with Gasteiger partial charge in [0.1, 0.15) is 6.04 Å². The maximum Gasteiger partial charge on any atom is 0.250 e. The van der Waals surface area contributed by atoms with Crippen LogP contribution < -0.4 is 10.6 Å². The number of nitrogens with one attached hydrogen (secondary N) is 2. The molecule has 2 heterocycles. The van der Waals surface area contributed by atoms with Crippen LogP contribution in [0.15, 0.2) is 42.5 Å². The van der Waals surface area contributed by atoms with Crippen LogP contribution >= 0.6 is 0 Å². The van der Waals surface area contributed by atoms with E-state index in [1.54, 1.807) is 4.57 Å². The molecule has 0 bridgehead atoms. The fourth-order valence-electron chi connectivity index (χ4n) is 3.27. The highest BCUT2D eigenvalue weighted by Crippen LogP contribution is 2.32. The number of amides is 2. The lowest BCUT2D eigenvalue weighted by molar-refractivity contribution is -0.123. The number of fused-ring (bicyclic) bond motifs is 3. The first kappa shape index (κ1) is 15.4. The normalized spacial score (nSPS) is 15.9. The van der Waals surface area contributed by atoms with Gasteiger partial charge in [0, 0.05) is 5.69 Å². The first-order valence-corrected chi connectivity index (χ1v) is 8.18. The molecule has 1 aliphatic rings. The number of para-hydroxylation sites is 2. The van der Waals surface area contributed by atoms with Crippen LogP contribution in [-0.2, 0) is 9.59 Å². The quantitative estimate of drug-likeness (QED) is 0.772. The van der Waals surface area contributed by atoms with Gasteiger partial charge in [0.05, 0.1) is 17.5 Å². The average Bonchev–Trinajstić information content (AvgIpc) is 3.06. The topological polar surface area (TPSA) is 76.0 Å². The molecular formula is C19H18N4O2. The predicted octanol–water partition coefficient (Wildman–Crippen LogP) is 3.18. The summed E-state index contributed by atoms with van der Waals surface area (Å²) in [6, 6.07) is 12.8. The molecule has 0 spiro atoms. The molecule has 0 saturated carbocycles. The minimum atomic E-state index is -0.590. The Labute approximate surface area is 144 Å². The van der Waals surface area contributed by atoms with E-state index < -0.39 is 6.04 Å². The largest absolute Gasteiger partial charge is 0.326 e. The fourth-order valence-corrected chi connectivity index (χ4v) is 3.27. The van der Waals surface area contributed by atoms with E-state index >= 15 is 0 Å². The van der Waals surface area contributed by atoms with E-state index in [9.17, 15) is 9.59 Å². The van der Waals surface area contributed by atoms with Gasteiger partial charge < -0.3 is 5.32 Å². The van der Waals surface area contributed by atoms with Crippen LogP contribution in [-0.4, -0.2) is 21.4 Å². The zero-order valence-corrected chi connectivity index (χ0v) is 14.0. The third kappa shape index (κ3) is 2.65. The van der Waals surface area contributed by atoms with E-state index in [2.05, 4.69) is 15.6 Å². The van der Waals surface area contributed by atoms with Gasteiger partial charge in [0.15, 0.2) is 0 Å². The molecule has 0 unspecified atom stereocenters. The molecule has 25 heavy (non-hydrogen) atoms. The van der Waals surface area contributed by atoms with Crippen molar-refractivity contribution in [1.82, 2.24) is 9.55 Å². The van der Waals surface area contributed by atoms with Crippen molar-refractivity contribution < 1.29 is 9.59 Å². The van der Waals surface area contributed by atoms with Crippen molar-refractivity contribution in [3.63, 3.8) is 0 Å². The number of aromatic nitrogens is 2. The Bertz CT molecular complexity index is 1010. The van der Waals surface area contributed by atoms with Crippen molar-refractivity contribution in [2.75, 3.05) is 10.6 Å². The molecule has 1 aromatic heterocycles. The van der Waals surface area contributed by atoms with Gasteiger partial charge in [-0.1, -0.05) is 29.8 Å². The second-order valence-electron chi connectivity index (χ2n) is 6.37. The summed E-state index contributed by atoms with van der Waals surface area (Å²) in [5.74, 6) is 0.0947. The van der Waals surface area contributed by atoms with Gasteiger partial charge in [-0.15, -0.1) is 0 Å². The van der Waals surface area contributed by atoms with Gasteiger partial charge in [-0.3, -0.25) is 19.5 Å². The number of benzene rings is 2. The van der Waals surface area contributed by atoms with Crippen LogP contribution in [0.25, 0.3) is 11.0 Å². The van der Waals surface area contributed by atoms with Crippen LogP contribution in [0.2, 0.25) is 0 Å². The number of carbonyl (C=O) groups excluding carboxylic acids is 2. The van der Waals surface area contributed by atoms with Crippen LogP contribution in [0.3, 0.4) is 0 Å². The maximum absolute atomic E-state index is 12.5. The Hall–Kier alpha value is -3.15. The number of rotatable bonds is 3. The van der Waals surface area contributed by atoms with E-state index in [4.69, 9.17) is 0 Å². The monoisotopic (exact) mass is 334 g/mol. The third-order valence-corrected chi connectivity index (χ3v) is 4.48. The van der Waals surface area contributed by atoms with Gasteiger partial charge in [0.25, 0.3) is 0 Å². The number of carbonyl (C=O) groups is 2. The highest BCUT2D eigenvalue weighted by atomic mass is 16.2. The first-order valence-electron chi connectivity index (χ1n) is 8.18. The molecule has 1 aliphatic heterocycles. The Morgan fingerprint density at radius 2 is 2.04 bits per heavy atom. The van der Waals surface area contributed by atoms with Crippen LogP contribution in [0.5, 0.6) is 0 Å². The fraction of sp³-hybridized carbons (Fsp3) is 0.211. The van der Waals surface area contributed by atoms with Crippen molar-refractivity contribution in [3.05, 3.63) is 53.6 Å². The Kier molecular flexibility index (Phi) is 3.53. The number of nitrogens with zero attached hydrogens (tertiary/aromatic N) is 2. The number of hydrogen-bond donors (Lipinski definition) is 2. The minimum absolute atomic E-state index is 0.0620. The third-order valence-electron chi connectivity index (χ3n) is 4.48. The lowest BCUT2D eigenvalue weighted by Crippen LogP contribution is -2.23. The van der Waals surface area contributed by atoms with E-state index in [-0.39, 0.29) is 18.2 Å². The average molecular weight is 334 g/mol. The summed E-state index contributed by atoms with van der Waals surface area (Å²) in [5, 5.41) is 5.66. The van der Waals surface area contributed by atoms with Gasteiger partial charge >= 0.3 is 0 Å². The molecule has 0 saturated heterocycles.